The summed E-state index contributed by atoms with van der Waals surface area (Å²) < 4.78 is 0. The molecule has 0 radical (unpaired) electrons. The average Bonchev–Trinajstić information content (AvgIpc) is 2.14. The predicted molar refractivity (Wildman–Crippen MR) is 49.9 cm³/mol. The number of ketones is 1. The first-order chi connectivity index (χ1) is 5.73. The van der Waals surface area contributed by atoms with Crippen LogP contribution < -0.4 is 0 Å². The van der Waals surface area contributed by atoms with E-state index in [9.17, 15) is 10.0 Å². The number of hydroxylamine groups is 2. The third kappa shape index (κ3) is 1.21. The first kappa shape index (κ1) is 10.3. The second-order valence-electron chi connectivity index (χ2n) is 4.15. The van der Waals surface area contributed by atoms with Crippen molar-refractivity contribution >= 4 is 11.5 Å². The van der Waals surface area contributed by atoms with Crippen LogP contribution in [-0.2, 0) is 4.79 Å². The van der Waals surface area contributed by atoms with Crippen LogP contribution in [0.5, 0.6) is 0 Å². The van der Waals surface area contributed by atoms with Crippen LogP contribution in [0.25, 0.3) is 0 Å². The lowest BCUT2D eigenvalue weighted by Crippen LogP contribution is -2.54. The molecule has 0 aromatic carbocycles. The Kier molecular flexibility index (Phi) is 2.09. The second-order valence-corrected chi connectivity index (χ2v) is 4.15. The van der Waals surface area contributed by atoms with Crippen LogP contribution >= 0.6 is 0 Å². The van der Waals surface area contributed by atoms with E-state index in [1.54, 1.807) is 6.92 Å². The normalized spacial score (nSPS) is 33.2. The summed E-state index contributed by atoms with van der Waals surface area (Å²) >= 11 is 0. The zero-order valence-electron chi connectivity index (χ0n) is 8.75. The van der Waals surface area contributed by atoms with Gasteiger partial charge in [-0.15, -0.1) is 5.06 Å². The number of hydrogen-bond donors (Lipinski definition) is 1. The summed E-state index contributed by atoms with van der Waals surface area (Å²) in [6.07, 6.45) is 0. The highest BCUT2D eigenvalue weighted by molar-refractivity contribution is 5.98. The van der Waals surface area contributed by atoms with Gasteiger partial charge in [-0.05, 0) is 34.6 Å². The number of hydrogen-bond acceptors (Lipinski definition) is 4. The van der Waals surface area contributed by atoms with Crippen LogP contribution in [-0.4, -0.2) is 33.0 Å². The summed E-state index contributed by atoms with van der Waals surface area (Å²) in [5, 5.41) is 10.8. The Balaban J connectivity index is 3.17. The molecule has 4 nitrogen and oxygen atoms in total. The number of carbonyl (C=O) groups is 1. The van der Waals surface area contributed by atoms with Crippen LogP contribution in [0.4, 0.5) is 0 Å². The second kappa shape index (κ2) is 2.62. The van der Waals surface area contributed by atoms with Gasteiger partial charge in [0.2, 0.25) is 0 Å². The molecule has 13 heavy (non-hydrogen) atoms. The number of rotatable bonds is 1. The summed E-state index contributed by atoms with van der Waals surface area (Å²) in [5.74, 6) is -0.153. The predicted octanol–water partition coefficient (Wildman–Crippen LogP) is 1.24. The van der Waals surface area contributed by atoms with Gasteiger partial charge in [0.05, 0.1) is 5.54 Å². The van der Waals surface area contributed by atoms with Gasteiger partial charge in [-0.1, -0.05) is 0 Å². The molecule has 1 heterocycles. The van der Waals surface area contributed by atoms with E-state index >= 15 is 0 Å². The summed E-state index contributed by atoms with van der Waals surface area (Å²) in [6.45, 7) is 8.53. The Morgan fingerprint density at radius 1 is 1.46 bits per heavy atom. The number of aliphatic imine (C=N–C) groups is 1. The molecule has 1 unspecified atom stereocenters. The summed E-state index contributed by atoms with van der Waals surface area (Å²) in [5.41, 5.74) is -0.888. The minimum absolute atomic E-state index is 0.153. The lowest BCUT2D eigenvalue weighted by Gasteiger charge is -2.33. The topological polar surface area (TPSA) is 52.9 Å². The Labute approximate surface area is 78.2 Å². The number of Topliss-reactive ketones (excluding diaryl/α,β-unsaturated/α-hetero) is 1. The van der Waals surface area contributed by atoms with Crippen LogP contribution in [0.3, 0.4) is 0 Å². The molecule has 74 valence electrons. The van der Waals surface area contributed by atoms with E-state index < -0.39 is 11.2 Å². The van der Waals surface area contributed by atoms with Gasteiger partial charge in [-0.25, -0.2) is 0 Å². The standard InChI is InChI=1S/C9H16N2O2/c1-6-8(3,4)11(13)9(5,10-6)7(2)12/h13H,1-5H3. The van der Waals surface area contributed by atoms with E-state index in [-0.39, 0.29) is 5.78 Å². The summed E-state index contributed by atoms with van der Waals surface area (Å²) in [7, 11) is 0. The molecule has 0 aliphatic carbocycles. The minimum Gasteiger partial charge on any atom is -0.310 e. The average molecular weight is 184 g/mol. The Hall–Kier alpha value is -0.740. The van der Waals surface area contributed by atoms with Crippen molar-refractivity contribution in [3.63, 3.8) is 0 Å². The van der Waals surface area contributed by atoms with Gasteiger partial charge in [0.15, 0.2) is 11.4 Å². The van der Waals surface area contributed by atoms with Crippen molar-refractivity contribution in [1.82, 2.24) is 5.06 Å². The first-order valence-corrected chi connectivity index (χ1v) is 4.30. The lowest BCUT2D eigenvalue weighted by atomic mass is 9.99. The third-order valence-electron chi connectivity index (χ3n) is 2.88. The Bertz CT molecular complexity index is 283. The molecule has 0 spiro atoms. The molecule has 0 aromatic rings. The van der Waals surface area contributed by atoms with Crippen LogP contribution in [0.15, 0.2) is 4.99 Å². The quantitative estimate of drug-likeness (QED) is 0.667. The number of nitrogens with zero attached hydrogens (tertiary/aromatic N) is 2. The maximum absolute atomic E-state index is 11.3. The van der Waals surface area contributed by atoms with Gasteiger partial charge < -0.3 is 5.21 Å². The molecule has 0 bridgehead atoms. The van der Waals surface area contributed by atoms with Gasteiger partial charge >= 0.3 is 0 Å². The maximum Gasteiger partial charge on any atom is 0.190 e. The van der Waals surface area contributed by atoms with E-state index in [4.69, 9.17) is 0 Å². The lowest BCUT2D eigenvalue weighted by molar-refractivity contribution is -0.195. The minimum atomic E-state index is -1.10. The van der Waals surface area contributed by atoms with E-state index in [2.05, 4.69) is 4.99 Å². The van der Waals surface area contributed by atoms with E-state index in [1.807, 2.05) is 20.8 Å². The van der Waals surface area contributed by atoms with Crippen molar-refractivity contribution in [3.8, 4) is 0 Å². The van der Waals surface area contributed by atoms with Gasteiger partial charge in [0.1, 0.15) is 0 Å². The molecule has 0 saturated heterocycles. The van der Waals surface area contributed by atoms with Gasteiger partial charge in [-0.2, -0.15) is 0 Å². The largest absolute Gasteiger partial charge is 0.310 e. The van der Waals surface area contributed by atoms with Gasteiger partial charge in [-0.3, -0.25) is 9.79 Å². The SMILES string of the molecule is CC(=O)C1(C)N=C(C)C(C)(C)N1O. The highest BCUT2D eigenvalue weighted by Crippen LogP contribution is 2.33. The van der Waals surface area contributed by atoms with Crippen molar-refractivity contribution in [2.45, 2.75) is 45.8 Å². The fourth-order valence-electron chi connectivity index (χ4n) is 1.44. The fourth-order valence-corrected chi connectivity index (χ4v) is 1.44. The molecule has 4 heteroatoms. The van der Waals surface area contributed by atoms with Crippen molar-refractivity contribution in [2.24, 2.45) is 4.99 Å². The molecule has 1 N–H and O–H groups in total. The Morgan fingerprint density at radius 2 is 1.92 bits per heavy atom. The van der Waals surface area contributed by atoms with Crippen LogP contribution in [0, 0.1) is 0 Å². The monoisotopic (exact) mass is 184 g/mol. The van der Waals surface area contributed by atoms with E-state index in [0.717, 1.165) is 10.8 Å². The molecule has 0 aromatic heterocycles. The molecule has 0 fully saturated rings. The zero-order valence-corrected chi connectivity index (χ0v) is 8.75. The van der Waals surface area contributed by atoms with Crippen molar-refractivity contribution in [3.05, 3.63) is 0 Å². The van der Waals surface area contributed by atoms with Crippen molar-refractivity contribution < 1.29 is 10.0 Å². The van der Waals surface area contributed by atoms with Crippen LogP contribution in [0.2, 0.25) is 0 Å². The Morgan fingerprint density at radius 3 is 2.08 bits per heavy atom. The van der Waals surface area contributed by atoms with Crippen LogP contribution in [0.1, 0.15) is 34.6 Å². The summed E-state index contributed by atoms with van der Waals surface area (Å²) in [6, 6.07) is 0. The molecule has 1 aliphatic rings. The molecule has 1 rings (SSSR count). The summed E-state index contributed by atoms with van der Waals surface area (Å²) in [4.78, 5) is 15.5. The smallest absolute Gasteiger partial charge is 0.190 e. The fraction of sp³-hybridized carbons (Fsp3) is 0.778. The molecule has 1 atom stereocenters. The first-order valence-electron chi connectivity index (χ1n) is 4.30. The van der Waals surface area contributed by atoms with Gasteiger partial charge in [0.25, 0.3) is 0 Å². The van der Waals surface area contributed by atoms with Crippen molar-refractivity contribution in [2.75, 3.05) is 0 Å². The number of carbonyl (C=O) groups excluding carboxylic acids is 1. The molecular formula is C9H16N2O2. The third-order valence-corrected chi connectivity index (χ3v) is 2.88. The molecule has 0 amide bonds. The molecular weight excluding hydrogens is 168 g/mol. The highest BCUT2D eigenvalue weighted by Gasteiger charge is 2.50. The van der Waals surface area contributed by atoms with Crippen molar-refractivity contribution in [1.29, 1.82) is 0 Å². The molecule has 0 saturated carbocycles. The van der Waals surface area contributed by atoms with E-state index in [0.29, 0.717) is 0 Å². The highest BCUT2D eigenvalue weighted by atomic mass is 16.5. The molecule has 1 aliphatic heterocycles. The van der Waals surface area contributed by atoms with E-state index in [1.165, 1.54) is 6.92 Å². The zero-order chi connectivity index (χ0) is 10.4. The maximum atomic E-state index is 11.3. The van der Waals surface area contributed by atoms with Gasteiger partial charge in [0, 0.05) is 5.71 Å².